The molecule has 1 aromatic carbocycles. The van der Waals surface area contributed by atoms with Gasteiger partial charge in [-0.3, -0.25) is 4.79 Å². The van der Waals surface area contributed by atoms with Crippen LogP contribution in [-0.4, -0.2) is 40.1 Å². The Balaban J connectivity index is 1.97. The van der Waals surface area contributed by atoms with Crippen molar-refractivity contribution in [1.82, 2.24) is 4.90 Å². The van der Waals surface area contributed by atoms with Crippen molar-refractivity contribution in [3.8, 4) is 5.75 Å². The second-order valence-corrected chi connectivity index (χ2v) is 8.05. The largest absolute Gasteiger partial charge is 0.486 e. The van der Waals surface area contributed by atoms with Crippen molar-refractivity contribution in [2.24, 2.45) is 5.41 Å². The highest BCUT2D eigenvalue weighted by Crippen LogP contribution is 2.43. The summed E-state index contributed by atoms with van der Waals surface area (Å²) in [5.74, 6) is 0.721. The monoisotopic (exact) mass is 331 g/mol. The van der Waals surface area contributed by atoms with Gasteiger partial charge in [0.1, 0.15) is 11.4 Å². The summed E-state index contributed by atoms with van der Waals surface area (Å²) in [5, 5.41) is 9.61. The Morgan fingerprint density at radius 2 is 2.04 bits per heavy atom. The van der Waals surface area contributed by atoms with E-state index in [4.69, 9.17) is 4.74 Å². The lowest BCUT2D eigenvalue weighted by Crippen LogP contribution is -2.51. The number of ketones is 1. The number of hydrogen-bond donors (Lipinski definition) is 1. The summed E-state index contributed by atoms with van der Waals surface area (Å²) in [4.78, 5) is 25.9. The van der Waals surface area contributed by atoms with Crippen LogP contribution in [0.25, 0.3) is 0 Å². The molecule has 2 unspecified atom stereocenters. The highest BCUT2D eigenvalue weighted by molar-refractivity contribution is 6.00. The van der Waals surface area contributed by atoms with Gasteiger partial charge in [0.05, 0.1) is 12.0 Å². The van der Waals surface area contributed by atoms with Gasteiger partial charge in [-0.2, -0.15) is 0 Å². The lowest BCUT2D eigenvalue weighted by Gasteiger charge is -2.43. The van der Waals surface area contributed by atoms with Crippen molar-refractivity contribution in [2.45, 2.75) is 58.1 Å². The molecule has 0 aliphatic carbocycles. The molecule has 2 aliphatic heterocycles. The van der Waals surface area contributed by atoms with Gasteiger partial charge in [-0.25, -0.2) is 4.79 Å². The molecule has 24 heavy (non-hydrogen) atoms. The number of rotatable bonds is 0. The molecule has 0 bridgehead atoms. The molecular weight excluding hydrogens is 306 g/mol. The lowest BCUT2D eigenvalue weighted by molar-refractivity contribution is 0.00291. The summed E-state index contributed by atoms with van der Waals surface area (Å²) in [6.07, 6.45) is 1.37. The number of fused-ring (bicyclic) bond motifs is 1. The van der Waals surface area contributed by atoms with Crippen LogP contribution in [0, 0.1) is 5.41 Å². The zero-order valence-corrected chi connectivity index (χ0v) is 14.5. The normalized spacial score (nSPS) is 27.4. The van der Waals surface area contributed by atoms with Gasteiger partial charge in [0.2, 0.25) is 0 Å². The highest BCUT2D eigenvalue weighted by Gasteiger charge is 2.48. The van der Waals surface area contributed by atoms with E-state index in [9.17, 15) is 14.7 Å². The maximum absolute atomic E-state index is 12.6. The first-order valence-corrected chi connectivity index (χ1v) is 8.53. The van der Waals surface area contributed by atoms with Crippen molar-refractivity contribution >= 4 is 11.9 Å². The minimum absolute atomic E-state index is 0.0910. The van der Waals surface area contributed by atoms with E-state index < -0.39 is 11.7 Å². The highest BCUT2D eigenvalue weighted by atomic mass is 16.5. The zero-order chi connectivity index (χ0) is 17.5. The second kappa shape index (κ2) is 5.80. The third-order valence-corrected chi connectivity index (χ3v) is 5.22. The molecule has 1 fully saturated rings. The molecule has 1 saturated heterocycles. The molecule has 1 N–H and O–H groups in total. The molecule has 5 nitrogen and oxygen atoms in total. The van der Waals surface area contributed by atoms with Crippen LogP contribution < -0.4 is 4.74 Å². The first-order valence-electron chi connectivity index (χ1n) is 8.53. The number of para-hydroxylation sites is 1. The molecule has 1 spiro atoms. The van der Waals surface area contributed by atoms with E-state index in [1.54, 1.807) is 6.07 Å². The molecule has 0 aromatic heterocycles. The lowest BCUT2D eigenvalue weighted by atomic mass is 9.75. The summed E-state index contributed by atoms with van der Waals surface area (Å²) in [6.45, 7) is 6.62. The Bertz CT molecular complexity index is 664. The van der Waals surface area contributed by atoms with E-state index in [2.05, 4.69) is 0 Å². The zero-order valence-electron chi connectivity index (χ0n) is 14.5. The standard InChI is InChI=1S/C19H25NO4/c1-18(2,3)16-12-19(9-6-10-20(16)17(22)23)11-14(21)13-7-4-5-8-15(13)24-19/h4-5,7-8,16H,6,9-12H2,1-3H3,(H,22,23). The van der Waals surface area contributed by atoms with Crippen molar-refractivity contribution in [3.05, 3.63) is 29.8 Å². The summed E-state index contributed by atoms with van der Waals surface area (Å²) in [6, 6.07) is 7.16. The summed E-state index contributed by atoms with van der Waals surface area (Å²) in [5.41, 5.74) is -0.193. The summed E-state index contributed by atoms with van der Waals surface area (Å²) >= 11 is 0. The van der Waals surface area contributed by atoms with E-state index in [0.29, 0.717) is 43.5 Å². The van der Waals surface area contributed by atoms with Crippen molar-refractivity contribution in [3.63, 3.8) is 0 Å². The van der Waals surface area contributed by atoms with Gasteiger partial charge in [-0.1, -0.05) is 32.9 Å². The molecule has 2 aliphatic rings. The topological polar surface area (TPSA) is 66.8 Å². The number of carbonyl (C=O) groups excluding carboxylic acids is 1. The van der Waals surface area contributed by atoms with Crippen molar-refractivity contribution in [2.75, 3.05) is 6.54 Å². The Labute approximate surface area is 142 Å². The number of hydrogen-bond acceptors (Lipinski definition) is 3. The molecule has 1 aromatic rings. The molecule has 1 amide bonds. The predicted octanol–water partition coefficient (Wildman–Crippen LogP) is 3.97. The maximum atomic E-state index is 12.6. The maximum Gasteiger partial charge on any atom is 0.407 e. The van der Waals surface area contributed by atoms with E-state index in [1.807, 2.05) is 39.0 Å². The van der Waals surface area contributed by atoms with Crippen LogP contribution in [0.15, 0.2) is 24.3 Å². The predicted molar refractivity (Wildman–Crippen MR) is 90.6 cm³/mol. The smallest absolute Gasteiger partial charge is 0.407 e. The molecule has 5 heteroatoms. The number of benzene rings is 1. The minimum Gasteiger partial charge on any atom is -0.486 e. The molecule has 2 heterocycles. The van der Waals surface area contributed by atoms with Gasteiger partial charge in [0.15, 0.2) is 5.78 Å². The fraction of sp³-hybridized carbons (Fsp3) is 0.579. The molecule has 3 rings (SSSR count). The average molecular weight is 331 g/mol. The van der Waals surface area contributed by atoms with Crippen molar-refractivity contribution < 1.29 is 19.4 Å². The Kier molecular flexibility index (Phi) is 4.06. The summed E-state index contributed by atoms with van der Waals surface area (Å²) in [7, 11) is 0. The van der Waals surface area contributed by atoms with Crippen LogP contribution in [0.4, 0.5) is 4.79 Å². The molecule has 0 saturated carbocycles. The average Bonchev–Trinajstić information content (AvgIpc) is 2.67. The number of likely N-dealkylation sites (tertiary alicyclic amines) is 1. The minimum atomic E-state index is -0.894. The fourth-order valence-electron chi connectivity index (χ4n) is 3.99. The second-order valence-electron chi connectivity index (χ2n) is 8.05. The molecular formula is C19H25NO4. The van der Waals surface area contributed by atoms with Gasteiger partial charge < -0.3 is 14.7 Å². The first-order chi connectivity index (χ1) is 11.2. The number of carboxylic acid groups (broad SMARTS) is 1. The molecule has 130 valence electrons. The van der Waals surface area contributed by atoms with Crippen LogP contribution in [0.2, 0.25) is 0 Å². The van der Waals surface area contributed by atoms with Crippen LogP contribution >= 0.6 is 0 Å². The van der Waals surface area contributed by atoms with Crippen LogP contribution in [0.1, 0.15) is 56.8 Å². The molecule has 2 atom stereocenters. The van der Waals surface area contributed by atoms with Gasteiger partial charge in [-0.05, 0) is 30.4 Å². The Hall–Kier alpha value is -2.04. The van der Waals surface area contributed by atoms with Gasteiger partial charge >= 0.3 is 6.09 Å². The van der Waals surface area contributed by atoms with Crippen LogP contribution in [0.5, 0.6) is 5.75 Å². The fourth-order valence-corrected chi connectivity index (χ4v) is 3.99. The van der Waals surface area contributed by atoms with E-state index in [-0.39, 0.29) is 17.2 Å². The van der Waals surface area contributed by atoms with E-state index in [0.717, 1.165) is 0 Å². The quantitative estimate of drug-likeness (QED) is 0.781. The molecule has 0 radical (unpaired) electrons. The number of nitrogens with zero attached hydrogens (tertiary/aromatic N) is 1. The number of carbonyl (C=O) groups is 2. The third-order valence-electron chi connectivity index (χ3n) is 5.22. The SMILES string of the molecule is CC(C)(C)C1CC2(CCCN1C(=O)O)CC(=O)c1ccccc1O2. The first kappa shape index (κ1) is 16.8. The van der Waals surface area contributed by atoms with Gasteiger partial charge in [0.25, 0.3) is 0 Å². The van der Waals surface area contributed by atoms with Gasteiger partial charge in [0, 0.05) is 19.0 Å². The van der Waals surface area contributed by atoms with E-state index in [1.165, 1.54) is 4.90 Å². The van der Waals surface area contributed by atoms with Crippen LogP contribution in [-0.2, 0) is 0 Å². The van der Waals surface area contributed by atoms with Gasteiger partial charge in [-0.15, -0.1) is 0 Å². The van der Waals surface area contributed by atoms with E-state index >= 15 is 0 Å². The number of ether oxygens (including phenoxy) is 1. The third kappa shape index (κ3) is 2.99. The van der Waals surface area contributed by atoms with Crippen LogP contribution in [0.3, 0.4) is 0 Å². The Morgan fingerprint density at radius 1 is 1.33 bits per heavy atom. The summed E-state index contributed by atoms with van der Waals surface area (Å²) < 4.78 is 6.32. The number of amides is 1. The Morgan fingerprint density at radius 3 is 2.71 bits per heavy atom. The van der Waals surface area contributed by atoms with Crippen molar-refractivity contribution in [1.29, 1.82) is 0 Å². The number of Topliss-reactive ketones (excluding diaryl/α,β-unsaturated/α-hetero) is 1.